The number of rotatable bonds is 8. The molecule has 0 amide bonds. The maximum absolute atomic E-state index is 11.1. The molecule has 2 N–H and O–H groups in total. The van der Waals surface area contributed by atoms with Crippen LogP contribution in [0.2, 0.25) is 0 Å². The zero-order valence-electron chi connectivity index (χ0n) is 11.9. The van der Waals surface area contributed by atoms with Crippen molar-refractivity contribution < 1.29 is 14.6 Å². The van der Waals surface area contributed by atoms with Crippen molar-refractivity contribution in [2.75, 3.05) is 13.7 Å². The van der Waals surface area contributed by atoms with Crippen LogP contribution in [0.3, 0.4) is 0 Å². The lowest BCUT2D eigenvalue weighted by Gasteiger charge is -2.30. The molecule has 0 aliphatic rings. The van der Waals surface area contributed by atoms with Gasteiger partial charge in [0.25, 0.3) is 0 Å². The summed E-state index contributed by atoms with van der Waals surface area (Å²) in [5.74, 6) is 0.0124. The Morgan fingerprint density at radius 2 is 2.11 bits per heavy atom. The van der Waals surface area contributed by atoms with Gasteiger partial charge in [-0.25, -0.2) is 0 Å². The van der Waals surface area contributed by atoms with E-state index in [4.69, 9.17) is 9.84 Å². The van der Waals surface area contributed by atoms with E-state index in [2.05, 4.69) is 12.2 Å². The summed E-state index contributed by atoms with van der Waals surface area (Å²) >= 11 is 0. The van der Waals surface area contributed by atoms with Crippen molar-refractivity contribution in [1.29, 1.82) is 0 Å². The van der Waals surface area contributed by atoms with E-state index in [1.54, 1.807) is 7.11 Å². The number of nitrogens with one attached hydrogen (secondary N) is 1. The lowest BCUT2D eigenvalue weighted by molar-refractivity contribution is -0.138. The number of carboxylic acids is 1. The number of hydrogen-bond donors (Lipinski definition) is 2. The molecule has 1 aromatic rings. The van der Waals surface area contributed by atoms with Crippen molar-refractivity contribution in [3.05, 3.63) is 29.8 Å². The van der Waals surface area contributed by atoms with Crippen LogP contribution >= 0.6 is 0 Å². The van der Waals surface area contributed by atoms with E-state index in [0.29, 0.717) is 6.42 Å². The number of carboxylic acid groups (broad SMARTS) is 1. The Balaban J connectivity index is 2.89. The minimum absolute atomic E-state index is 0.0883. The van der Waals surface area contributed by atoms with Crippen LogP contribution in [0.4, 0.5) is 0 Å². The summed E-state index contributed by atoms with van der Waals surface area (Å²) in [6.45, 7) is 4.82. The van der Waals surface area contributed by atoms with Crippen LogP contribution in [0.1, 0.15) is 32.3 Å². The fourth-order valence-corrected chi connectivity index (χ4v) is 2.22. The molecule has 0 fully saturated rings. The lowest BCUT2D eigenvalue weighted by Crippen LogP contribution is -2.46. The number of aliphatic carboxylic acids is 1. The van der Waals surface area contributed by atoms with E-state index in [9.17, 15) is 4.79 Å². The van der Waals surface area contributed by atoms with E-state index < -0.39 is 11.5 Å². The quantitative estimate of drug-likeness (QED) is 0.758. The van der Waals surface area contributed by atoms with Crippen LogP contribution < -0.4 is 10.1 Å². The van der Waals surface area contributed by atoms with Crippen molar-refractivity contribution in [3.63, 3.8) is 0 Å². The van der Waals surface area contributed by atoms with Crippen molar-refractivity contribution >= 4 is 5.97 Å². The van der Waals surface area contributed by atoms with Gasteiger partial charge in [0.1, 0.15) is 5.75 Å². The van der Waals surface area contributed by atoms with Gasteiger partial charge in [0.05, 0.1) is 13.5 Å². The Kier molecular flexibility index (Phi) is 5.83. The van der Waals surface area contributed by atoms with Gasteiger partial charge < -0.3 is 15.2 Å². The summed E-state index contributed by atoms with van der Waals surface area (Å²) in [4.78, 5) is 11.1. The first-order valence-electron chi connectivity index (χ1n) is 6.59. The van der Waals surface area contributed by atoms with Crippen molar-refractivity contribution in [2.24, 2.45) is 0 Å². The average molecular weight is 265 g/mol. The van der Waals surface area contributed by atoms with Crippen LogP contribution in [-0.4, -0.2) is 30.3 Å². The second kappa shape index (κ2) is 7.14. The molecule has 0 heterocycles. The number of hydrogen-bond acceptors (Lipinski definition) is 3. The molecule has 0 bridgehead atoms. The Morgan fingerprint density at radius 1 is 1.42 bits per heavy atom. The predicted molar refractivity (Wildman–Crippen MR) is 75.6 cm³/mol. The van der Waals surface area contributed by atoms with E-state index in [-0.39, 0.29) is 6.42 Å². The molecule has 0 aliphatic heterocycles. The number of para-hydroxylation sites is 1. The SMILES string of the molecule is CCCNC(C)(CC(=O)O)Cc1ccccc1OC. The molecule has 0 aliphatic carbocycles. The van der Waals surface area contributed by atoms with Gasteiger partial charge in [-0.1, -0.05) is 25.1 Å². The van der Waals surface area contributed by atoms with E-state index in [0.717, 1.165) is 24.3 Å². The number of methoxy groups -OCH3 is 1. The fourth-order valence-electron chi connectivity index (χ4n) is 2.22. The molecule has 1 aromatic carbocycles. The fraction of sp³-hybridized carbons (Fsp3) is 0.533. The molecule has 1 unspecified atom stereocenters. The smallest absolute Gasteiger partial charge is 0.305 e. The maximum Gasteiger partial charge on any atom is 0.305 e. The molecule has 106 valence electrons. The highest BCUT2D eigenvalue weighted by molar-refractivity contribution is 5.68. The molecule has 1 rings (SSSR count). The highest BCUT2D eigenvalue weighted by Gasteiger charge is 2.28. The Morgan fingerprint density at radius 3 is 2.68 bits per heavy atom. The van der Waals surface area contributed by atoms with E-state index >= 15 is 0 Å². The molecule has 1 atom stereocenters. The summed E-state index contributed by atoms with van der Waals surface area (Å²) in [5.41, 5.74) is 0.563. The van der Waals surface area contributed by atoms with Crippen molar-refractivity contribution in [3.8, 4) is 5.75 Å². The van der Waals surface area contributed by atoms with Gasteiger partial charge in [0.15, 0.2) is 0 Å². The molecular weight excluding hydrogens is 242 g/mol. The van der Waals surface area contributed by atoms with Crippen LogP contribution in [0.15, 0.2) is 24.3 Å². The largest absolute Gasteiger partial charge is 0.496 e. The van der Waals surface area contributed by atoms with Gasteiger partial charge in [-0.2, -0.15) is 0 Å². The first-order valence-corrected chi connectivity index (χ1v) is 6.59. The summed E-state index contributed by atoms with van der Waals surface area (Å²) < 4.78 is 5.33. The third-order valence-corrected chi connectivity index (χ3v) is 3.12. The van der Waals surface area contributed by atoms with E-state index in [1.807, 2.05) is 31.2 Å². The number of benzene rings is 1. The molecular formula is C15H23NO3. The Bertz CT molecular complexity index is 420. The molecule has 0 aromatic heterocycles. The van der Waals surface area contributed by atoms with Gasteiger partial charge >= 0.3 is 5.97 Å². The third-order valence-electron chi connectivity index (χ3n) is 3.12. The second-order valence-electron chi connectivity index (χ2n) is 5.05. The minimum atomic E-state index is -0.791. The summed E-state index contributed by atoms with van der Waals surface area (Å²) in [5, 5.41) is 12.4. The third kappa shape index (κ3) is 4.91. The molecule has 0 spiro atoms. The summed E-state index contributed by atoms with van der Waals surface area (Å²) in [6, 6.07) is 7.73. The monoisotopic (exact) mass is 265 g/mol. The molecule has 4 nitrogen and oxygen atoms in total. The average Bonchev–Trinajstić information content (AvgIpc) is 2.36. The first-order chi connectivity index (χ1) is 9.00. The second-order valence-corrected chi connectivity index (χ2v) is 5.05. The van der Waals surface area contributed by atoms with E-state index in [1.165, 1.54) is 0 Å². The lowest BCUT2D eigenvalue weighted by atomic mass is 9.89. The molecule has 4 heteroatoms. The number of ether oxygens (including phenoxy) is 1. The maximum atomic E-state index is 11.1. The zero-order valence-corrected chi connectivity index (χ0v) is 11.9. The van der Waals surface area contributed by atoms with Crippen molar-refractivity contribution in [1.82, 2.24) is 5.32 Å². The predicted octanol–water partition coefficient (Wildman–Crippen LogP) is 2.47. The Hall–Kier alpha value is -1.55. The standard InChI is InChI=1S/C15H23NO3/c1-4-9-16-15(2,11-14(17)18)10-12-7-5-6-8-13(12)19-3/h5-8,16H,4,9-11H2,1-3H3,(H,17,18). The van der Waals surface area contributed by atoms with Gasteiger partial charge in [-0.05, 0) is 37.9 Å². The van der Waals surface area contributed by atoms with Gasteiger partial charge in [-0.3, -0.25) is 4.79 Å². The van der Waals surface area contributed by atoms with Gasteiger partial charge in [0.2, 0.25) is 0 Å². The zero-order chi connectivity index (χ0) is 14.3. The molecule has 0 radical (unpaired) electrons. The Labute approximate surface area is 114 Å². The normalized spacial score (nSPS) is 13.8. The summed E-state index contributed by atoms with van der Waals surface area (Å²) in [7, 11) is 1.63. The topological polar surface area (TPSA) is 58.6 Å². The highest BCUT2D eigenvalue weighted by Crippen LogP contribution is 2.24. The highest BCUT2D eigenvalue weighted by atomic mass is 16.5. The first kappa shape index (κ1) is 15.5. The van der Waals surface area contributed by atoms with Crippen LogP contribution in [-0.2, 0) is 11.2 Å². The molecule has 19 heavy (non-hydrogen) atoms. The van der Waals surface area contributed by atoms with Crippen LogP contribution in [0.5, 0.6) is 5.75 Å². The number of carbonyl (C=O) groups is 1. The molecule has 0 saturated carbocycles. The van der Waals surface area contributed by atoms with Crippen molar-refractivity contribution in [2.45, 2.75) is 38.6 Å². The van der Waals surface area contributed by atoms with Gasteiger partial charge in [-0.15, -0.1) is 0 Å². The van der Waals surface area contributed by atoms with Crippen LogP contribution in [0.25, 0.3) is 0 Å². The minimum Gasteiger partial charge on any atom is -0.496 e. The molecule has 0 saturated heterocycles. The summed E-state index contributed by atoms with van der Waals surface area (Å²) in [6.07, 6.45) is 1.69. The van der Waals surface area contributed by atoms with Gasteiger partial charge in [0, 0.05) is 5.54 Å². The van der Waals surface area contributed by atoms with Crippen LogP contribution in [0, 0.1) is 0 Å².